The van der Waals surface area contributed by atoms with E-state index in [1.165, 1.54) is 0 Å². The lowest BCUT2D eigenvalue weighted by Crippen LogP contribution is -2.19. The van der Waals surface area contributed by atoms with Crippen LogP contribution in [-0.2, 0) is 9.53 Å². The summed E-state index contributed by atoms with van der Waals surface area (Å²) in [6, 6.07) is 0. The molecule has 1 fully saturated rings. The van der Waals surface area contributed by atoms with Gasteiger partial charge >= 0.3 is 0 Å². The van der Waals surface area contributed by atoms with Gasteiger partial charge in [0.05, 0.1) is 12.4 Å². The van der Waals surface area contributed by atoms with Gasteiger partial charge in [-0.15, -0.1) is 0 Å². The Morgan fingerprint density at radius 2 is 2.14 bits per heavy atom. The molecule has 0 aromatic heterocycles. The Bertz CT molecular complexity index is 272. The van der Waals surface area contributed by atoms with Crippen LogP contribution >= 0.6 is 0 Å². The van der Waals surface area contributed by atoms with E-state index in [0.717, 1.165) is 38.0 Å². The number of carbonyl (C=O) groups excluding carboxylic acids is 1. The van der Waals surface area contributed by atoms with E-state index in [0.29, 0.717) is 11.7 Å². The molecule has 1 saturated carbocycles. The molecule has 2 nitrogen and oxygen atoms in total. The molecule has 2 rings (SSSR count). The van der Waals surface area contributed by atoms with Crippen LogP contribution < -0.4 is 0 Å². The third-order valence-electron chi connectivity index (χ3n) is 3.12. The molecule has 0 aromatic carbocycles. The van der Waals surface area contributed by atoms with Crippen LogP contribution in [-0.4, -0.2) is 12.4 Å². The van der Waals surface area contributed by atoms with Gasteiger partial charge < -0.3 is 4.74 Å². The molecule has 0 unspecified atom stereocenters. The summed E-state index contributed by atoms with van der Waals surface area (Å²) in [5.41, 5.74) is 0.0602. The van der Waals surface area contributed by atoms with Crippen molar-refractivity contribution in [3.63, 3.8) is 0 Å². The fraction of sp³-hybridized carbons (Fsp3) is 0.750. The highest BCUT2D eigenvalue weighted by Crippen LogP contribution is 2.53. The van der Waals surface area contributed by atoms with E-state index in [-0.39, 0.29) is 5.41 Å². The molecule has 2 aliphatic carbocycles. The zero-order valence-electron chi connectivity index (χ0n) is 9.01. The van der Waals surface area contributed by atoms with Gasteiger partial charge in [-0.25, -0.2) is 0 Å². The van der Waals surface area contributed by atoms with Crippen molar-refractivity contribution in [2.75, 3.05) is 6.61 Å². The van der Waals surface area contributed by atoms with Crippen molar-refractivity contribution in [2.24, 2.45) is 11.3 Å². The van der Waals surface area contributed by atoms with Gasteiger partial charge in [0.2, 0.25) is 0 Å². The van der Waals surface area contributed by atoms with E-state index in [4.69, 9.17) is 4.74 Å². The van der Waals surface area contributed by atoms with Gasteiger partial charge in [0.25, 0.3) is 0 Å². The van der Waals surface area contributed by atoms with Crippen LogP contribution in [0, 0.1) is 11.3 Å². The van der Waals surface area contributed by atoms with Crippen molar-refractivity contribution in [1.82, 2.24) is 0 Å². The summed E-state index contributed by atoms with van der Waals surface area (Å²) in [7, 11) is 0. The van der Waals surface area contributed by atoms with Crippen LogP contribution in [0.4, 0.5) is 0 Å². The topological polar surface area (TPSA) is 26.3 Å². The summed E-state index contributed by atoms with van der Waals surface area (Å²) >= 11 is 0. The smallest absolute Gasteiger partial charge is 0.165 e. The highest BCUT2D eigenvalue weighted by Gasteiger charge is 2.49. The summed E-state index contributed by atoms with van der Waals surface area (Å²) in [5, 5.41) is 0. The molecular weight excluding hydrogens is 176 g/mol. The number of hydrogen-bond donors (Lipinski definition) is 0. The molecule has 0 heterocycles. The lowest BCUT2D eigenvalue weighted by Gasteiger charge is -2.20. The lowest BCUT2D eigenvalue weighted by atomic mass is 9.89. The normalized spacial score (nSPS) is 23.9. The second-order valence-corrected chi connectivity index (χ2v) is 4.96. The predicted octanol–water partition coefficient (Wildman–Crippen LogP) is 2.69. The Kier molecular flexibility index (Phi) is 2.38. The van der Waals surface area contributed by atoms with E-state index in [2.05, 4.69) is 13.8 Å². The number of carbonyl (C=O) groups is 1. The summed E-state index contributed by atoms with van der Waals surface area (Å²) < 4.78 is 5.58. The Labute approximate surface area is 85.3 Å². The summed E-state index contributed by atoms with van der Waals surface area (Å²) in [5.74, 6) is 1.74. The van der Waals surface area contributed by atoms with Crippen LogP contribution in [0.25, 0.3) is 0 Å². The molecule has 0 saturated heterocycles. The number of ether oxygens (including phenoxy) is 1. The van der Waals surface area contributed by atoms with E-state index in [1.807, 2.05) is 0 Å². The second kappa shape index (κ2) is 3.41. The molecule has 0 aliphatic heterocycles. The van der Waals surface area contributed by atoms with Crippen molar-refractivity contribution in [3.05, 3.63) is 11.8 Å². The third-order valence-corrected chi connectivity index (χ3v) is 3.12. The average Bonchev–Trinajstić information content (AvgIpc) is 2.89. The zero-order valence-corrected chi connectivity index (χ0v) is 9.01. The third kappa shape index (κ3) is 1.84. The highest BCUT2D eigenvalue weighted by molar-refractivity contribution is 5.98. The first-order valence-corrected chi connectivity index (χ1v) is 5.50. The SMILES string of the molecule is CC(C)COC1=CC(=O)C2(CC1)CC2. The average molecular weight is 194 g/mol. The maximum absolute atomic E-state index is 11.7. The summed E-state index contributed by atoms with van der Waals surface area (Å²) in [6.07, 6.45) is 5.90. The maximum atomic E-state index is 11.7. The van der Waals surface area contributed by atoms with E-state index < -0.39 is 0 Å². The number of allylic oxidation sites excluding steroid dienone is 2. The Morgan fingerprint density at radius 1 is 1.43 bits per heavy atom. The summed E-state index contributed by atoms with van der Waals surface area (Å²) in [6.45, 7) is 4.97. The van der Waals surface area contributed by atoms with Gasteiger partial charge in [-0.1, -0.05) is 13.8 Å². The Balaban J connectivity index is 1.92. The number of ketones is 1. The molecular formula is C12H18O2. The molecule has 14 heavy (non-hydrogen) atoms. The van der Waals surface area contributed by atoms with Gasteiger partial charge in [-0.3, -0.25) is 4.79 Å². The van der Waals surface area contributed by atoms with Gasteiger partial charge in [0.15, 0.2) is 5.78 Å². The fourth-order valence-corrected chi connectivity index (χ4v) is 1.89. The highest BCUT2D eigenvalue weighted by atomic mass is 16.5. The van der Waals surface area contributed by atoms with E-state index >= 15 is 0 Å². The minimum atomic E-state index is 0.0602. The molecule has 0 bridgehead atoms. The first-order chi connectivity index (χ1) is 6.62. The van der Waals surface area contributed by atoms with Crippen LogP contribution in [0.15, 0.2) is 11.8 Å². The van der Waals surface area contributed by atoms with Gasteiger partial charge in [0.1, 0.15) is 0 Å². The van der Waals surface area contributed by atoms with Crippen LogP contribution in [0.5, 0.6) is 0 Å². The Morgan fingerprint density at radius 3 is 2.64 bits per heavy atom. The van der Waals surface area contributed by atoms with Crippen LogP contribution in [0.3, 0.4) is 0 Å². The molecule has 0 radical (unpaired) electrons. The predicted molar refractivity (Wildman–Crippen MR) is 54.8 cm³/mol. The van der Waals surface area contributed by atoms with Crippen molar-refractivity contribution < 1.29 is 9.53 Å². The molecule has 0 amide bonds. The quantitative estimate of drug-likeness (QED) is 0.690. The van der Waals surface area contributed by atoms with Crippen molar-refractivity contribution in [3.8, 4) is 0 Å². The largest absolute Gasteiger partial charge is 0.498 e. The first kappa shape index (κ1) is 9.75. The molecule has 0 atom stereocenters. The van der Waals surface area contributed by atoms with Gasteiger partial charge in [0, 0.05) is 17.9 Å². The summed E-state index contributed by atoms with van der Waals surface area (Å²) in [4.78, 5) is 11.7. The Hall–Kier alpha value is -0.790. The standard InChI is InChI=1S/C12H18O2/c1-9(2)8-14-10-3-4-12(5-6-12)11(13)7-10/h7,9H,3-6,8H2,1-2H3. The second-order valence-electron chi connectivity index (χ2n) is 4.96. The van der Waals surface area contributed by atoms with Crippen molar-refractivity contribution in [2.45, 2.75) is 39.5 Å². The van der Waals surface area contributed by atoms with E-state index in [9.17, 15) is 4.79 Å². The lowest BCUT2D eigenvalue weighted by molar-refractivity contribution is -0.120. The van der Waals surface area contributed by atoms with Crippen LogP contribution in [0.1, 0.15) is 39.5 Å². The molecule has 1 spiro atoms. The molecule has 2 heteroatoms. The first-order valence-electron chi connectivity index (χ1n) is 5.50. The van der Waals surface area contributed by atoms with Gasteiger partial charge in [-0.05, 0) is 25.2 Å². The minimum absolute atomic E-state index is 0.0602. The monoisotopic (exact) mass is 194 g/mol. The zero-order chi connectivity index (χ0) is 10.2. The molecule has 78 valence electrons. The maximum Gasteiger partial charge on any atom is 0.165 e. The van der Waals surface area contributed by atoms with Crippen molar-refractivity contribution >= 4 is 5.78 Å². The van der Waals surface area contributed by atoms with Crippen molar-refractivity contribution in [1.29, 1.82) is 0 Å². The molecule has 0 N–H and O–H groups in total. The van der Waals surface area contributed by atoms with Gasteiger partial charge in [-0.2, -0.15) is 0 Å². The minimum Gasteiger partial charge on any atom is -0.498 e. The fourth-order valence-electron chi connectivity index (χ4n) is 1.89. The van der Waals surface area contributed by atoms with E-state index in [1.54, 1.807) is 6.08 Å². The van der Waals surface area contributed by atoms with Crippen LogP contribution in [0.2, 0.25) is 0 Å². The molecule has 2 aliphatic rings. The number of rotatable bonds is 3. The molecule has 0 aromatic rings. The number of hydrogen-bond acceptors (Lipinski definition) is 2.